The first-order chi connectivity index (χ1) is 8.86. The summed E-state index contributed by atoms with van der Waals surface area (Å²) in [7, 11) is 0. The Morgan fingerprint density at radius 3 is 2.89 bits per heavy atom. The number of carbonyl (C=O) groups excluding carboxylic acids is 1. The molecule has 3 N–H and O–H groups in total. The summed E-state index contributed by atoms with van der Waals surface area (Å²) in [6, 6.07) is 4.46. The summed E-state index contributed by atoms with van der Waals surface area (Å²) in [5.74, 6) is 0.112. The number of anilines is 2. The van der Waals surface area contributed by atoms with Crippen molar-refractivity contribution in [3.63, 3.8) is 0 Å². The van der Waals surface area contributed by atoms with Crippen LogP contribution in [0.4, 0.5) is 24.5 Å². The van der Waals surface area contributed by atoms with E-state index in [1.165, 1.54) is 18.2 Å². The van der Waals surface area contributed by atoms with E-state index in [1.54, 1.807) is 0 Å². The molecule has 1 aromatic carbocycles. The highest BCUT2D eigenvalue weighted by Gasteiger charge is 2.37. The highest BCUT2D eigenvalue weighted by atomic mass is 19.4. The van der Waals surface area contributed by atoms with Gasteiger partial charge < -0.3 is 20.5 Å². The van der Waals surface area contributed by atoms with Gasteiger partial charge in [-0.3, -0.25) is 4.79 Å². The standard InChI is InChI=1S/C11H11F3N2O3/c12-11(13,14)9(17)4-15-6-1-2-8-7(3-6)16-10(18)5-19-8/h1-3,9,15,17H,4-5H2,(H,16,18)/t9-/m1/s1. The van der Waals surface area contributed by atoms with E-state index in [0.29, 0.717) is 17.1 Å². The predicted molar refractivity (Wildman–Crippen MR) is 61.1 cm³/mol. The first kappa shape index (κ1) is 13.5. The SMILES string of the molecule is O=C1COc2ccc(NC[C@@H](O)C(F)(F)F)cc2N1. The van der Waals surface area contributed by atoms with Gasteiger partial charge in [0.1, 0.15) is 5.75 Å². The van der Waals surface area contributed by atoms with Crippen molar-refractivity contribution >= 4 is 17.3 Å². The van der Waals surface area contributed by atoms with Crippen molar-refractivity contribution in [1.29, 1.82) is 0 Å². The third-order valence-electron chi connectivity index (χ3n) is 2.49. The lowest BCUT2D eigenvalue weighted by Gasteiger charge is -2.20. The third kappa shape index (κ3) is 3.28. The maximum atomic E-state index is 12.1. The number of benzene rings is 1. The molecule has 1 heterocycles. The molecule has 1 amide bonds. The van der Waals surface area contributed by atoms with E-state index in [1.807, 2.05) is 0 Å². The van der Waals surface area contributed by atoms with Gasteiger partial charge >= 0.3 is 6.18 Å². The Labute approximate surface area is 106 Å². The molecule has 8 heteroatoms. The minimum Gasteiger partial charge on any atom is -0.482 e. The number of hydrogen-bond acceptors (Lipinski definition) is 4. The van der Waals surface area contributed by atoms with E-state index in [0.717, 1.165) is 0 Å². The van der Waals surface area contributed by atoms with Crippen LogP contribution in [0.3, 0.4) is 0 Å². The van der Waals surface area contributed by atoms with Gasteiger partial charge in [-0.25, -0.2) is 0 Å². The molecule has 0 spiro atoms. The summed E-state index contributed by atoms with van der Waals surface area (Å²) in [5.41, 5.74) is 0.718. The fourth-order valence-electron chi connectivity index (χ4n) is 1.52. The van der Waals surface area contributed by atoms with Crippen molar-refractivity contribution in [3.8, 4) is 5.75 Å². The summed E-state index contributed by atoms with van der Waals surface area (Å²) < 4.78 is 41.4. The molecular formula is C11H11F3N2O3. The van der Waals surface area contributed by atoms with Crippen LogP contribution < -0.4 is 15.4 Å². The van der Waals surface area contributed by atoms with E-state index >= 15 is 0 Å². The number of rotatable bonds is 3. The van der Waals surface area contributed by atoms with Gasteiger partial charge in [0.25, 0.3) is 5.91 Å². The van der Waals surface area contributed by atoms with Gasteiger partial charge in [-0.05, 0) is 18.2 Å². The number of nitrogens with one attached hydrogen (secondary N) is 2. The molecule has 1 atom stereocenters. The summed E-state index contributed by atoms with van der Waals surface area (Å²) in [6.07, 6.45) is -7.12. The van der Waals surface area contributed by atoms with Crippen LogP contribution in [-0.4, -0.2) is 36.4 Å². The largest absolute Gasteiger partial charge is 0.482 e. The van der Waals surface area contributed by atoms with E-state index in [9.17, 15) is 18.0 Å². The average Bonchev–Trinajstić information content (AvgIpc) is 2.34. The minimum atomic E-state index is -4.67. The Balaban J connectivity index is 2.02. The summed E-state index contributed by atoms with van der Waals surface area (Å²) in [6.45, 7) is -0.760. The molecule has 0 fully saturated rings. The summed E-state index contributed by atoms with van der Waals surface area (Å²) >= 11 is 0. The second-order valence-corrected chi connectivity index (χ2v) is 3.99. The molecule has 19 heavy (non-hydrogen) atoms. The molecule has 0 radical (unpaired) electrons. The van der Waals surface area contributed by atoms with Crippen LogP contribution in [0, 0.1) is 0 Å². The maximum Gasteiger partial charge on any atom is 0.416 e. The van der Waals surface area contributed by atoms with Crippen LogP contribution in [0.5, 0.6) is 5.75 Å². The molecule has 0 bridgehead atoms. The molecule has 5 nitrogen and oxygen atoms in total. The van der Waals surface area contributed by atoms with Crippen molar-refractivity contribution in [2.75, 3.05) is 23.8 Å². The molecular weight excluding hydrogens is 265 g/mol. The zero-order chi connectivity index (χ0) is 14.0. The van der Waals surface area contributed by atoms with Crippen molar-refractivity contribution in [2.45, 2.75) is 12.3 Å². The number of carbonyl (C=O) groups is 1. The van der Waals surface area contributed by atoms with Crippen LogP contribution in [0.15, 0.2) is 18.2 Å². The molecule has 0 saturated carbocycles. The predicted octanol–water partition coefficient (Wildman–Crippen LogP) is 1.35. The van der Waals surface area contributed by atoms with Crippen molar-refractivity contribution in [3.05, 3.63) is 18.2 Å². The lowest BCUT2D eigenvalue weighted by atomic mass is 10.2. The number of aliphatic hydroxyl groups is 1. The normalized spacial score (nSPS) is 16.1. The van der Waals surface area contributed by atoms with Crippen LogP contribution in [-0.2, 0) is 4.79 Å². The van der Waals surface area contributed by atoms with Gasteiger partial charge in [-0.1, -0.05) is 0 Å². The fourth-order valence-corrected chi connectivity index (χ4v) is 1.52. The molecule has 0 saturated heterocycles. The molecule has 1 aliphatic heterocycles. The molecule has 104 valence electrons. The Kier molecular flexibility index (Phi) is 3.52. The van der Waals surface area contributed by atoms with Crippen molar-refractivity contribution in [1.82, 2.24) is 0 Å². The van der Waals surface area contributed by atoms with Crippen LogP contribution in [0.25, 0.3) is 0 Å². The smallest absolute Gasteiger partial charge is 0.416 e. The molecule has 0 aliphatic carbocycles. The highest BCUT2D eigenvalue weighted by molar-refractivity contribution is 5.95. The minimum absolute atomic E-state index is 0.0907. The number of aliphatic hydroxyl groups excluding tert-OH is 1. The van der Waals surface area contributed by atoms with Gasteiger partial charge in [0.05, 0.1) is 5.69 Å². The van der Waals surface area contributed by atoms with Gasteiger partial charge in [0.2, 0.25) is 0 Å². The molecule has 1 aromatic rings. The van der Waals surface area contributed by atoms with Crippen molar-refractivity contribution < 1.29 is 27.8 Å². The number of halogens is 3. The van der Waals surface area contributed by atoms with E-state index in [-0.39, 0.29) is 12.5 Å². The first-order valence-corrected chi connectivity index (χ1v) is 5.41. The zero-order valence-corrected chi connectivity index (χ0v) is 9.62. The van der Waals surface area contributed by atoms with Crippen molar-refractivity contribution in [2.24, 2.45) is 0 Å². The van der Waals surface area contributed by atoms with E-state index in [4.69, 9.17) is 9.84 Å². The fraction of sp³-hybridized carbons (Fsp3) is 0.364. The summed E-state index contributed by atoms with van der Waals surface area (Å²) in [4.78, 5) is 11.1. The second-order valence-electron chi connectivity index (χ2n) is 3.99. The monoisotopic (exact) mass is 276 g/mol. The van der Waals surface area contributed by atoms with Gasteiger partial charge in [-0.15, -0.1) is 0 Å². The van der Waals surface area contributed by atoms with E-state index in [2.05, 4.69) is 10.6 Å². The van der Waals surface area contributed by atoms with Gasteiger partial charge in [0.15, 0.2) is 12.7 Å². The maximum absolute atomic E-state index is 12.1. The number of fused-ring (bicyclic) bond motifs is 1. The number of ether oxygens (including phenoxy) is 1. The molecule has 1 aliphatic rings. The van der Waals surface area contributed by atoms with Gasteiger partial charge in [0, 0.05) is 12.2 Å². The second kappa shape index (κ2) is 4.96. The molecule has 0 aromatic heterocycles. The molecule has 0 unspecified atom stereocenters. The Hall–Kier alpha value is -1.96. The number of hydrogen-bond donors (Lipinski definition) is 3. The average molecular weight is 276 g/mol. The highest BCUT2D eigenvalue weighted by Crippen LogP contribution is 2.30. The topological polar surface area (TPSA) is 70.6 Å². The third-order valence-corrected chi connectivity index (χ3v) is 2.49. The van der Waals surface area contributed by atoms with Crippen LogP contribution in [0.2, 0.25) is 0 Å². The quantitative estimate of drug-likeness (QED) is 0.779. The Morgan fingerprint density at radius 2 is 2.21 bits per heavy atom. The first-order valence-electron chi connectivity index (χ1n) is 5.41. The Bertz CT molecular complexity index is 491. The lowest BCUT2D eigenvalue weighted by molar-refractivity contribution is -0.198. The zero-order valence-electron chi connectivity index (χ0n) is 9.62. The summed E-state index contributed by atoms with van der Waals surface area (Å²) in [5, 5.41) is 13.8. The Morgan fingerprint density at radius 1 is 1.47 bits per heavy atom. The lowest BCUT2D eigenvalue weighted by Crippen LogP contribution is -2.35. The number of amides is 1. The number of alkyl halides is 3. The molecule has 2 rings (SSSR count). The van der Waals surface area contributed by atoms with Gasteiger partial charge in [-0.2, -0.15) is 13.2 Å². The van der Waals surface area contributed by atoms with Crippen LogP contribution in [0.1, 0.15) is 0 Å². The van der Waals surface area contributed by atoms with E-state index < -0.39 is 18.8 Å². The van der Waals surface area contributed by atoms with Crippen LogP contribution >= 0.6 is 0 Å².